The van der Waals surface area contributed by atoms with Crippen molar-refractivity contribution in [2.75, 3.05) is 7.11 Å². The van der Waals surface area contributed by atoms with Crippen molar-refractivity contribution in [2.24, 2.45) is 0 Å². The van der Waals surface area contributed by atoms with Crippen LogP contribution in [0.2, 0.25) is 0 Å². The van der Waals surface area contributed by atoms with Crippen LogP contribution in [-0.2, 0) is 18.8 Å². The fourth-order valence-electron chi connectivity index (χ4n) is 3.41. The summed E-state index contributed by atoms with van der Waals surface area (Å²) in [5, 5.41) is 0. The molecule has 6 heteroatoms. The van der Waals surface area contributed by atoms with E-state index in [2.05, 4.69) is 4.89 Å². The molecule has 5 nitrogen and oxygen atoms in total. The predicted molar refractivity (Wildman–Crippen MR) is 113 cm³/mol. The van der Waals surface area contributed by atoms with E-state index in [4.69, 9.17) is 9.07 Å². The summed E-state index contributed by atoms with van der Waals surface area (Å²) >= 11 is 1.10. The quantitative estimate of drug-likeness (QED) is 0.247. The van der Waals surface area contributed by atoms with Gasteiger partial charge in [-0.05, 0) is 37.5 Å². The van der Waals surface area contributed by atoms with E-state index >= 15 is 0 Å². The molecule has 0 saturated heterocycles. The molecule has 0 spiro atoms. The van der Waals surface area contributed by atoms with Gasteiger partial charge in [-0.1, -0.05) is 50.2 Å². The Morgan fingerprint density at radius 1 is 1.00 bits per heavy atom. The van der Waals surface area contributed by atoms with Gasteiger partial charge >= 0.3 is 0 Å². The zero-order valence-electron chi connectivity index (χ0n) is 17.0. The highest BCUT2D eigenvalue weighted by Crippen LogP contribution is 2.44. The number of benzene rings is 2. The van der Waals surface area contributed by atoms with Crippen molar-refractivity contribution < 1.29 is 23.5 Å². The Hall–Kier alpha value is -2.41. The van der Waals surface area contributed by atoms with Crippen LogP contribution in [0.3, 0.4) is 0 Å². The molecule has 1 aliphatic heterocycles. The lowest BCUT2D eigenvalue weighted by molar-refractivity contribution is -0.160. The second-order valence-corrected chi connectivity index (χ2v) is 7.59. The normalized spacial score (nSPS) is 15.5. The van der Waals surface area contributed by atoms with Gasteiger partial charge in [-0.3, -0.25) is 9.59 Å². The van der Waals surface area contributed by atoms with Crippen molar-refractivity contribution in [2.45, 2.75) is 44.1 Å². The van der Waals surface area contributed by atoms with E-state index in [1.165, 1.54) is 14.0 Å². The van der Waals surface area contributed by atoms with Crippen LogP contribution in [0.4, 0.5) is 0 Å². The van der Waals surface area contributed by atoms with Crippen molar-refractivity contribution in [1.82, 2.24) is 0 Å². The standard InChI is InChI=1S/C23H24O5S/c1-5-23(6-2)22(25)20(17-9-7-16(8-10-17)15(3)24)21(27-23)18-11-13-19(14-12-18)29-28-26-4/h7-14H,5-6H2,1-4H3. The summed E-state index contributed by atoms with van der Waals surface area (Å²) in [6.07, 6.45) is 1.16. The number of hydrogen-bond donors (Lipinski definition) is 0. The SMILES string of the molecule is CCC1(CC)OC(c2ccc(SOOC)cc2)=C(c2ccc(C(C)=O)cc2)C1=O. The summed E-state index contributed by atoms with van der Waals surface area (Å²) in [6.45, 7) is 5.45. The molecule has 0 unspecified atom stereocenters. The van der Waals surface area contributed by atoms with Gasteiger partial charge in [0.2, 0.25) is 5.78 Å². The maximum absolute atomic E-state index is 13.4. The first kappa shape index (κ1) is 21.3. The van der Waals surface area contributed by atoms with Gasteiger partial charge in [-0.2, -0.15) is 4.33 Å². The van der Waals surface area contributed by atoms with Crippen LogP contribution in [0.5, 0.6) is 0 Å². The smallest absolute Gasteiger partial charge is 0.210 e. The molecule has 0 radical (unpaired) electrons. The first-order chi connectivity index (χ1) is 14.0. The summed E-state index contributed by atoms with van der Waals surface area (Å²) in [6, 6.07) is 14.7. The third-order valence-electron chi connectivity index (χ3n) is 5.20. The topological polar surface area (TPSA) is 61.8 Å². The van der Waals surface area contributed by atoms with Gasteiger partial charge in [0, 0.05) is 16.0 Å². The molecule has 0 fully saturated rings. The average Bonchev–Trinajstić information content (AvgIpc) is 3.05. The number of hydrogen-bond acceptors (Lipinski definition) is 6. The second kappa shape index (κ2) is 8.95. The van der Waals surface area contributed by atoms with Gasteiger partial charge in [-0.25, -0.2) is 4.89 Å². The third-order valence-corrected chi connectivity index (χ3v) is 5.87. The molecule has 0 aliphatic carbocycles. The average molecular weight is 413 g/mol. The van der Waals surface area contributed by atoms with Crippen LogP contribution in [0.15, 0.2) is 53.4 Å². The van der Waals surface area contributed by atoms with Gasteiger partial charge in [0.1, 0.15) is 5.76 Å². The molecule has 0 aromatic heterocycles. The number of carbonyl (C=O) groups is 2. The second-order valence-electron chi connectivity index (χ2n) is 6.81. The molecule has 0 atom stereocenters. The fraction of sp³-hybridized carbons (Fsp3) is 0.304. The van der Waals surface area contributed by atoms with Crippen molar-refractivity contribution in [3.63, 3.8) is 0 Å². The van der Waals surface area contributed by atoms with E-state index in [1.54, 1.807) is 12.1 Å². The van der Waals surface area contributed by atoms with E-state index in [0.717, 1.165) is 28.1 Å². The molecule has 0 saturated carbocycles. The molecule has 152 valence electrons. The number of carbonyl (C=O) groups excluding carboxylic acids is 2. The Bertz CT molecular complexity index is 925. The molecule has 29 heavy (non-hydrogen) atoms. The number of Topliss-reactive ketones (excluding diaryl/α,β-unsaturated/α-hetero) is 2. The lowest BCUT2D eigenvalue weighted by Crippen LogP contribution is -2.35. The Morgan fingerprint density at radius 3 is 2.10 bits per heavy atom. The first-order valence-corrected chi connectivity index (χ1v) is 10.3. The number of rotatable bonds is 8. The van der Waals surface area contributed by atoms with E-state index < -0.39 is 5.60 Å². The first-order valence-electron chi connectivity index (χ1n) is 9.53. The van der Waals surface area contributed by atoms with E-state index in [1.807, 2.05) is 50.2 Å². The minimum Gasteiger partial charge on any atom is -0.478 e. The van der Waals surface area contributed by atoms with Gasteiger partial charge in [-0.15, -0.1) is 0 Å². The molecular weight excluding hydrogens is 388 g/mol. The van der Waals surface area contributed by atoms with Gasteiger partial charge < -0.3 is 4.74 Å². The van der Waals surface area contributed by atoms with Crippen LogP contribution in [0.25, 0.3) is 11.3 Å². The molecule has 0 bridgehead atoms. The zero-order valence-corrected chi connectivity index (χ0v) is 17.8. The summed E-state index contributed by atoms with van der Waals surface area (Å²) in [4.78, 5) is 30.5. The summed E-state index contributed by atoms with van der Waals surface area (Å²) in [7, 11) is 1.45. The maximum Gasteiger partial charge on any atom is 0.210 e. The Kier molecular flexibility index (Phi) is 6.57. The molecule has 0 N–H and O–H groups in total. The predicted octanol–water partition coefficient (Wildman–Crippen LogP) is 5.50. The molecule has 1 aliphatic rings. The summed E-state index contributed by atoms with van der Waals surface area (Å²) in [5.74, 6) is 0.537. The van der Waals surface area contributed by atoms with Crippen molar-refractivity contribution >= 4 is 34.9 Å². The Balaban J connectivity index is 2.06. The number of ketones is 2. The van der Waals surface area contributed by atoms with Crippen LogP contribution >= 0.6 is 12.0 Å². The molecule has 0 amide bonds. The summed E-state index contributed by atoms with van der Waals surface area (Å²) < 4.78 is 11.2. The van der Waals surface area contributed by atoms with E-state index in [9.17, 15) is 9.59 Å². The fourth-order valence-corrected chi connectivity index (χ4v) is 3.81. The van der Waals surface area contributed by atoms with E-state index in [0.29, 0.717) is 29.7 Å². The highest BCUT2D eigenvalue weighted by atomic mass is 32.2. The monoisotopic (exact) mass is 412 g/mol. The third kappa shape index (κ3) is 4.15. The maximum atomic E-state index is 13.4. The lowest BCUT2D eigenvalue weighted by atomic mass is 9.86. The minimum absolute atomic E-state index is 0.0115. The number of ether oxygens (including phenoxy) is 1. The molecular formula is C23H24O5S. The molecule has 2 aromatic rings. The molecule has 2 aromatic carbocycles. The Morgan fingerprint density at radius 2 is 1.59 bits per heavy atom. The van der Waals surface area contributed by atoms with Crippen molar-refractivity contribution in [1.29, 1.82) is 0 Å². The highest BCUT2D eigenvalue weighted by Gasteiger charge is 2.47. The van der Waals surface area contributed by atoms with Gasteiger partial charge in [0.15, 0.2) is 11.4 Å². The van der Waals surface area contributed by atoms with Crippen LogP contribution < -0.4 is 0 Å². The molecule has 3 rings (SSSR count). The van der Waals surface area contributed by atoms with Crippen LogP contribution in [-0.4, -0.2) is 24.3 Å². The largest absolute Gasteiger partial charge is 0.478 e. The van der Waals surface area contributed by atoms with Crippen LogP contribution in [0.1, 0.15) is 55.1 Å². The van der Waals surface area contributed by atoms with Crippen molar-refractivity contribution in [3.05, 3.63) is 65.2 Å². The van der Waals surface area contributed by atoms with Crippen molar-refractivity contribution in [3.8, 4) is 0 Å². The van der Waals surface area contributed by atoms with E-state index in [-0.39, 0.29) is 11.6 Å². The van der Waals surface area contributed by atoms with Gasteiger partial charge in [0.25, 0.3) is 0 Å². The highest BCUT2D eigenvalue weighted by molar-refractivity contribution is 7.94. The zero-order chi connectivity index (χ0) is 21.0. The summed E-state index contributed by atoms with van der Waals surface area (Å²) in [5.41, 5.74) is 1.86. The molecule has 1 heterocycles. The Labute approximate surface area is 175 Å². The lowest BCUT2D eigenvalue weighted by Gasteiger charge is -2.25. The van der Waals surface area contributed by atoms with Crippen LogP contribution in [0, 0.1) is 0 Å². The van der Waals surface area contributed by atoms with Gasteiger partial charge in [0.05, 0.1) is 24.7 Å². The minimum atomic E-state index is -0.865.